The van der Waals surface area contributed by atoms with Crippen LogP contribution in [-0.2, 0) is 9.53 Å². The Morgan fingerprint density at radius 2 is 2.40 bits per heavy atom. The van der Waals surface area contributed by atoms with E-state index < -0.39 is 0 Å². The monoisotopic (exact) mass is 160 g/mol. The van der Waals surface area contributed by atoms with Gasteiger partial charge in [0.25, 0.3) is 0 Å². The van der Waals surface area contributed by atoms with Crippen LogP contribution < -0.4 is 0 Å². The lowest BCUT2D eigenvalue weighted by atomic mass is 10.3. The highest BCUT2D eigenvalue weighted by Gasteiger charge is 2.25. The molecule has 0 bridgehead atoms. The third-order valence-electron chi connectivity index (χ3n) is 1.62. The minimum Gasteiger partial charge on any atom is -0.377 e. The van der Waals surface area contributed by atoms with Crippen molar-refractivity contribution >= 4 is 16.9 Å². The highest BCUT2D eigenvalue weighted by molar-refractivity contribution is 8.14. The zero-order valence-electron chi connectivity index (χ0n) is 6.29. The van der Waals surface area contributed by atoms with Crippen LogP contribution in [-0.4, -0.2) is 23.1 Å². The van der Waals surface area contributed by atoms with Crippen LogP contribution in [0.1, 0.15) is 20.3 Å². The Balaban J connectivity index is 2.33. The maximum Gasteiger partial charge on any atom is 0.186 e. The maximum atomic E-state index is 10.7. The summed E-state index contributed by atoms with van der Waals surface area (Å²) in [6, 6.07) is 0. The van der Waals surface area contributed by atoms with Crippen molar-refractivity contribution in [1.82, 2.24) is 0 Å². The molecule has 0 spiro atoms. The van der Waals surface area contributed by atoms with E-state index >= 15 is 0 Å². The normalized spacial score (nSPS) is 32.6. The maximum absolute atomic E-state index is 10.7. The summed E-state index contributed by atoms with van der Waals surface area (Å²) in [6.45, 7) is 4.44. The average molecular weight is 160 g/mol. The molecule has 0 aliphatic carbocycles. The summed E-state index contributed by atoms with van der Waals surface area (Å²) in [5.74, 6) is 0. The summed E-state index contributed by atoms with van der Waals surface area (Å²) >= 11 is 1.41. The predicted octanol–water partition coefficient (Wildman–Crippen LogP) is 1.44. The molecule has 0 aromatic heterocycles. The second kappa shape index (κ2) is 3.39. The minimum absolute atomic E-state index is 0.197. The predicted molar refractivity (Wildman–Crippen MR) is 42.1 cm³/mol. The number of hydrogen-bond acceptors (Lipinski definition) is 3. The van der Waals surface area contributed by atoms with E-state index in [0.717, 1.165) is 13.0 Å². The van der Waals surface area contributed by atoms with Crippen LogP contribution in [0, 0.1) is 0 Å². The number of carbonyl (C=O) groups is 1. The first-order valence-electron chi connectivity index (χ1n) is 3.49. The molecule has 0 amide bonds. The molecule has 1 fully saturated rings. The summed E-state index contributed by atoms with van der Waals surface area (Å²) in [5.41, 5.74) is 0. The summed E-state index contributed by atoms with van der Waals surface area (Å²) in [6.07, 6.45) is 1.28. The number of ether oxygens (including phenoxy) is 1. The summed E-state index contributed by atoms with van der Waals surface area (Å²) in [7, 11) is 0. The fourth-order valence-electron chi connectivity index (χ4n) is 1.08. The molecule has 0 N–H and O–H groups in total. The Kier molecular flexibility index (Phi) is 2.74. The van der Waals surface area contributed by atoms with Crippen LogP contribution in [0.2, 0.25) is 0 Å². The van der Waals surface area contributed by atoms with E-state index in [9.17, 15) is 4.79 Å². The fourth-order valence-corrected chi connectivity index (χ4v) is 1.99. The van der Waals surface area contributed by atoms with Crippen molar-refractivity contribution in [2.75, 3.05) is 6.61 Å². The lowest BCUT2D eigenvalue weighted by molar-refractivity contribution is -0.109. The summed E-state index contributed by atoms with van der Waals surface area (Å²) in [5, 5.41) is 0.597. The van der Waals surface area contributed by atoms with Crippen LogP contribution >= 0.6 is 11.8 Å². The number of thioether (sulfide) groups is 1. The van der Waals surface area contributed by atoms with E-state index in [4.69, 9.17) is 4.74 Å². The number of rotatable bonds is 1. The zero-order valence-corrected chi connectivity index (χ0v) is 7.11. The fraction of sp³-hybridized carbons (Fsp3) is 0.857. The van der Waals surface area contributed by atoms with Gasteiger partial charge in [-0.3, -0.25) is 4.79 Å². The van der Waals surface area contributed by atoms with Gasteiger partial charge in [0.05, 0.1) is 6.10 Å². The van der Waals surface area contributed by atoms with E-state index in [-0.39, 0.29) is 11.2 Å². The van der Waals surface area contributed by atoms with E-state index in [1.165, 1.54) is 11.8 Å². The van der Waals surface area contributed by atoms with E-state index in [0.29, 0.717) is 5.25 Å². The first kappa shape index (κ1) is 8.08. The van der Waals surface area contributed by atoms with Crippen LogP contribution in [0.15, 0.2) is 0 Å². The smallest absolute Gasteiger partial charge is 0.186 e. The van der Waals surface area contributed by atoms with Crippen LogP contribution in [0.25, 0.3) is 0 Å². The van der Waals surface area contributed by atoms with Crippen LogP contribution in [0.5, 0.6) is 0 Å². The summed E-state index contributed by atoms with van der Waals surface area (Å²) < 4.78 is 5.29. The standard InChI is InChI=1S/C7H12O2S/c1-5-7(3-4-9-5)10-6(2)8/h5,7H,3-4H2,1-2H3/t5-,7+/m0/s1. The van der Waals surface area contributed by atoms with Gasteiger partial charge in [-0.25, -0.2) is 0 Å². The third kappa shape index (κ3) is 1.99. The van der Waals surface area contributed by atoms with Gasteiger partial charge in [-0.05, 0) is 13.3 Å². The molecule has 2 atom stereocenters. The molecular weight excluding hydrogens is 148 g/mol. The molecule has 0 saturated carbocycles. The minimum atomic E-state index is 0.197. The Hall–Kier alpha value is -0.0200. The second-order valence-corrected chi connectivity index (χ2v) is 3.93. The van der Waals surface area contributed by atoms with Crippen LogP contribution in [0.3, 0.4) is 0 Å². The first-order valence-corrected chi connectivity index (χ1v) is 4.37. The second-order valence-electron chi connectivity index (χ2n) is 2.51. The molecule has 1 aliphatic heterocycles. The van der Waals surface area contributed by atoms with Crippen molar-refractivity contribution in [1.29, 1.82) is 0 Å². The molecule has 58 valence electrons. The largest absolute Gasteiger partial charge is 0.377 e. The molecule has 10 heavy (non-hydrogen) atoms. The van der Waals surface area contributed by atoms with Gasteiger partial charge in [0.2, 0.25) is 0 Å². The SMILES string of the molecule is CC(=O)S[C@@H]1CCO[C@H]1C. The van der Waals surface area contributed by atoms with Crippen molar-refractivity contribution in [3.05, 3.63) is 0 Å². The van der Waals surface area contributed by atoms with Gasteiger partial charge < -0.3 is 4.74 Å². The molecule has 0 radical (unpaired) electrons. The molecule has 1 saturated heterocycles. The summed E-state index contributed by atoms with van der Waals surface area (Å²) in [4.78, 5) is 10.7. The van der Waals surface area contributed by atoms with Gasteiger partial charge in [0, 0.05) is 18.8 Å². The lowest BCUT2D eigenvalue weighted by Gasteiger charge is -2.09. The molecular formula is C7H12O2S. The number of hydrogen-bond donors (Lipinski definition) is 0. The molecule has 1 heterocycles. The van der Waals surface area contributed by atoms with E-state index in [1.54, 1.807) is 6.92 Å². The van der Waals surface area contributed by atoms with Gasteiger partial charge in [-0.15, -0.1) is 0 Å². The topological polar surface area (TPSA) is 26.3 Å². The highest BCUT2D eigenvalue weighted by Crippen LogP contribution is 2.26. The quantitative estimate of drug-likeness (QED) is 0.580. The van der Waals surface area contributed by atoms with Gasteiger partial charge in [0.1, 0.15) is 0 Å². The average Bonchev–Trinajstić information content (AvgIpc) is 2.15. The molecule has 3 heteroatoms. The molecule has 1 rings (SSSR count). The van der Waals surface area contributed by atoms with Gasteiger partial charge in [-0.1, -0.05) is 11.8 Å². The Morgan fingerprint density at radius 3 is 2.80 bits per heavy atom. The van der Waals surface area contributed by atoms with Crippen molar-refractivity contribution in [3.8, 4) is 0 Å². The Morgan fingerprint density at radius 1 is 1.70 bits per heavy atom. The van der Waals surface area contributed by atoms with E-state index in [1.807, 2.05) is 6.92 Å². The van der Waals surface area contributed by atoms with Crippen molar-refractivity contribution in [2.24, 2.45) is 0 Å². The van der Waals surface area contributed by atoms with Crippen molar-refractivity contribution in [2.45, 2.75) is 31.6 Å². The van der Waals surface area contributed by atoms with E-state index in [2.05, 4.69) is 0 Å². The van der Waals surface area contributed by atoms with Gasteiger partial charge >= 0.3 is 0 Å². The van der Waals surface area contributed by atoms with Crippen LogP contribution in [0.4, 0.5) is 0 Å². The zero-order chi connectivity index (χ0) is 7.56. The van der Waals surface area contributed by atoms with Crippen molar-refractivity contribution in [3.63, 3.8) is 0 Å². The molecule has 2 nitrogen and oxygen atoms in total. The highest BCUT2D eigenvalue weighted by atomic mass is 32.2. The third-order valence-corrected chi connectivity index (χ3v) is 2.88. The van der Waals surface area contributed by atoms with Gasteiger partial charge in [0.15, 0.2) is 5.12 Å². The van der Waals surface area contributed by atoms with Gasteiger partial charge in [-0.2, -0.15) is 0 Å². The number of carbonyl (C=O) groups excluding carboxylic acids is 1. The molecule has 1 aliphatic rings. The Labute approximate surface area is 65.3 Å². The first-order chi connectivity index (χ1) is 4.70. The lowest BCUT2D eigenvalue weighted by Crippen LogP contribution is -2.14. The Bertz CT molecular complexity index is 136. The molecule has 0 aromatic rings. The molecule has 0 unspecified atom stereocenters. The molecule has 0 aromatic carbocycles. The van der Waals surface area contributed by atoms with Crippen molar-refractivity contribution < 1.29 is 9.53 Å².